The predicted octanol–water partition coefficient (Wildman–Crippen LogP) is 7.12. The van der Waals surface area contributed by atoms with Crippen LogP contribution in [0.5, 0.6) is 5.75 Å². The molecule has 0 spiro atoms. The first-order valence-corrected chi connectivity index (χ1v) is 12.7. The molecule has 0 aliphatic rings. The Bertz CT molecular complexity index is 868. The second-order valence-corrected chi connectivity index (χ2v) is 9.47. The van der Waals surface area contributed by atoms with Gasteiger partial charge in [0.1, 0.15) is 5.75 Å². The highest BCUT2D eigenvalue weighted by molar-refractivity contribution is 6.32. The van der Waals surface area contributed by atoms with Crippen molar-refractivity contribution >= 4 is 17.6 Å². The first-order valence-electron chi connectivity index (χ1n) is 12.3. The molecule has 33 heavy (non-hydrogen) atoms. The van der Waals surface area contributed by atoms with Crippen LogP contribution >= 0.6 is 11.6 Å². The highest BCUT2D eigenvalue weighted by Crippen LogP contribution is 2.27. The van der Waals surface area contributed by atoms with Gasteiger partial charge in [0.15, 0.2) is 0 Å². The lowest BCUT2D eigenvalue weighted by molar-refractivity contribution is -0.136. The molecule has 0 amide bonds. The second-order valence-electron chi connectivity index (χ2n) is 9.06. The van der Waals surface area contributed by atoms with Crippen molar-refractivity contribution in [2.75, 3.05) is 13.2 Å². The van der Waals surface area contributed by atoms with Gasteiger partial charge in [-0.2, -0.15) is 0 Å². The molecule has 2 aromatic carbocycles. The molecule has 2 rings (SSSR count). The number of benzene rings is 2. The molecule has 0 heterocycles. The van der Waals surface area contributed by atoms with Crippen LogP contribution in [0.25, 0.3) is 0 Å². The third kappa shape index (κ3) is 10.6. The Morgan fingerprint density at radius 3 is 2.48 bits per heavy atom. The predicted molar refractivity (Wildman–Crippen MR) is 137 cm³/mol. The Kier molecular flexibility index (Phi) is 12.3. The van der Waals surface area contributed by atoms with Crippen molar-refractivity contribution in [1.29, 1.82) is 0 Å². The van der Waals surface area contributed by atoms with Gasteiger partial charge in [-0.1, -0.05) is 68.5 Å². The number of carbonyl (C=O) groups is 1. The number of unbranched alkanes of at least 4 members (excludes halogenated alkanes) is 2. The second kappa shape index (κ2) is 15.0. The molecule has 0 aliphatic carbocycles. The first kappa shape index (κ1) is 27.2. The van der Waals surface area contributed by atoms with Gasteiger partial charge in [-0.25, -0.2) is 0 Å². The fourth-order valence-corrected chi connectivity index (χ4v) is 4.31. The van der Waals surface area contributed by atoms with E-state index in [1.807, 2.05) is 18.2 Å². The number of carboxylic acids is 1. The number of rotatable bonds is 16. The van der Waals surface area contributed by atoms with Gasteiger partial charge in [-0.3, -0.25) is 4.79 Å². The number of halogens is 1. The summed E-state index contributed by atoms with van der Waals surface area (Å²) < 4.78 is 5.98. The van der Waals surface area contributed by atoms with Crippen LogP contribution in [0, 0.1) is 19.8 Å². The topological polar surface area (TPSA) is 58.6 Å². The summed E-state index contributed by atoms with van der Waals surface area (Å²) in [4.78, 5) is 10.6. The molecule has 0 fully saturated rings. The van der Waals surface area contributed by atoms with E-state index in [9.17, 15) is 4.79 Å². The first-order chi connectivity index (χ1) is 15.9. The molecule has 4 nitrogen and oxygen atoms in total. The van der Waals surface area contributed by atoms with E-state index in [2.05, 4.69) is 44.3 Å². The lowest BCUT2D eigenvalue weighted by Crippen LogP contribution is -2.17. The average molecular weight is 474 g/mol. The van der Waals surface area contributed by atoms with Crippen LogP contribution in [0.4, 0.5) is 0 Å². The average Bonchev–Trinajstić information content (AvgIpc) is 2.77. The SMILES string of the molecule is CCCCCC(CCCOc1ccc(CNCCC(=O)O)cc1Cl)Cc1ccc(C)c(C)c1. The Hall–Kier alpha value is -2.04. The fourth-order valence-electron chi connectivity index (χ4n) is 4.05. The van der Waals surface area contributed by atoms with E-state index in [0.717, 1.165) is 24.8 Å². The minimum Gasteiger partial charge on any atom is -0.492 e. The van der Waals surface area contributed by atoms with Gasteiger partial charge in [-0.05, 0) is 73.4 Å². The number of ether oxygens (including phenoxy) is 1. The molecule has 0 bridgehead atoms. The van der Waals surface area contributed by atoms with Crippen molar-refractivity contribution < 1.29 is 14.6 Å². The van der Waals surface area contributed by atoms with Crippen LogP contribution < -0.4 is 10.1 Å². The zero-order chi connectivity index (χ0) is 24.1. The molecule has 0 saturated carbocycles. The standard InChI is InChI=1S/C28H40ClNO3/c1-4-5-6-8-23(18-24-11-10-21(2)22(3)17-24)9-7-16-33-27-13-12-25(19-26(27)29)20-30-15-14-28(31)32/h10-13,17,19,23,30H,4-9,14-16,18,20H2,1-3H3,(H,31,32). The van der Waals surface area contributed by atoms with E-state index in [1.165, 1.54) is 42.4 Å². The molecule has 2 N–H and O–H groups in total. The number of hydrogen-bond acceptors (Lipinski definition) is 3. The van der Waals surface area contributed by atoms with Gasteiger partial charge >= 0.3 is 5.97 Å². The Labute approximate surface area is 204 Å². The number of carboxylic acid groups (broad SMARTS) is 1. The molecule has 1 atom stereocenters. The van der Waals surface area contributed by atoms with E-state index in [0.29, 0.717) is 36.4 Å². The van der Waals surface area contributed by atoms with Gasteiger partial charge in [-0.15, -0.1) is 0 Å². The minimum absolute atomic E-state index is 0.109. The van der Waals surface area contributed by atoms with Gasteiger partial charge in [0.05, 0.1) is 18.1 Å². The summed E-state index contributed by atoms with van der Waals surface area (Å²) >= 11 is 6.41. The Morgan fingerprint density at radius 2 is 1.79 bits per heavy atom. The van der Waals surface area contributed by atoms with Crippen molar-refractivity contribution in [3.8, 4) is 5.75 Å². The largest absolute Gasteiger partial charge is 0.492 e. The molecule has 0 saturated heterocycles. The summed E-state index contributed by atoms with van der Waals surface area (Å²) in [6.45, 7) is 8.31. The van der Waals surface area contributed by atoms with E-state index in [1.54, 1.807) is 0 Å². The zero-order valence-electron chi connectivity index (χ0n) is 20.5. The third-order valence-corrected chi connectivity index (χ3v) is 6.46. The molecule has 5 heteroatoms. The van der Waals surface area contributed by atoms with Crippen molar-refractivity contribution in [1.82, 2.24) is 5.32 Å². The van der Waals surface area contributed by atoms with Crippen LogP contribution in [0.3, 0.4) is 0 Å². The molecule has 2 aromatic rings. The van der Waals surface area contributed by atoms with Crippen molar-refractivity contribution in [2.24, 2.45) is 5.92 Å². The van der Waals surface area contributed by atoms with Crippen LogP contribution in [0.15, 0.2) is 36.4 Å². The minimum atomic E-state index is -0.800. The number of aliphatic carboxylic acids is 1. The molecule has 0 radical (unpaired) electrons. The van der Waals surface area contributed by atoms with Crippen LogP contribution in [0.2, 0.25) is 5.02 Å². The molecule has 0 aromatic heterocycles. The smallest absolute Gasteiger partial charge is 0.304 e. The quantitative estimate of drug-likeness (QED) is 0.255. The molecular weight excluding hydrogens is 434 g/mol. The lowest BCUT2D eigenvalue weighted by Gasteiger charge is -2.18. The van der Waals surface area contributed by atoms with Gasteiger partial charge in [0.2, 0.25) is 0 Å². The maximum atomic E-state index is 10.6. The summed E-state index contributed by atoms with van der Waals surface area (Å²) in [5, 5.41) is 12.4. The van der Waals surface area contributed by atoms with E-state index >= 15 is 0 Å². The van der Waals surface area contributed by atoms with Crippen LogP contribution in [-0.2, 0) is 17.8 Å². The zero-order valence-corrected chi connectivity index (χ0v) is 21.2. The normalized spacial score (nSPS) is 12.0. The summed E-state index contributed by atoms with van der Waals surface area (Å²) in [6, 6.07) is 12.6. The number of aryl methyl sites for hydroxylation is 2. The highest BCUT2D eigenvalue weighted by Gasteiger charge is 2.11. The van der Waals surface area contributed by atoms with E-state index in [4.69, 9.17) is 21.4 Å². The molecule has 1 unspecified atom stereocenters. The summed E-state index contributed by atoms with van der Waals surface area (Å²) in [6.07, 6.45) is 8.52. The Balaban J connectivity index is 1.80. The molecule has 182 valence electrons. The summed E-state index contributed by atoms with van der Waals surface area (Å²) in [5.74, 6) is 0.588. The highest BCUT2D eigenvalue weighted by atomic mass is 35.5. The van der Waals surface area contributed by atoms with E-state index in [-0.39, 0.29) is 6.42 Å². The van der Waals surface area contributed by atoms with Crippen LogP contribution in [0.1, 0.15) is 74.1 Å². The van der Waals surface area contributed by atoms with Crippen LogP contribution in [-0.4, -0.2) is 24.2 Å². The van der Waals surface area contributed by atoms with E-state index < -0.39 is 5.97 Å². The molecule has 0 aliphatic heterocycles. The monoisotopic (exact) mass is 473 g/mol. The summed E-state index contributed by atoms with van der Waals surface area (Å²) in [7, 11) is 0. The lowest BCUT2D eigenvalue weighted by atomic mass is 9.89. The maximum absolute atomic E-state index is 10.6. The molecular formula is C28H40ClNO3. The number of nitrogens with one attached hydrogen (secondary N) is 1. The van der Waals surface area contributed by atoms with Crippen molar-refractivity contribution in [2.45, 2.75) is 78.7 Å². The Morgan fingerprint density at radius 1 is 1.03 bits per heavy atom. The number of hydrogen-bond donors (Lipinski definition) is 2. The summed E-state index contributed by atoms with van der Waals surface area (Å²) in [5.41, 5.74) is 5.19. The maximum Gasteiger partial charge on any atom is 0.304 e. The van der Waals surface area contributed by atoms with Crippen molar-refractivity contribution in [3.05, 3.63) is 63.7 Å². The van der Waals surface area contributed by atoms with Gasteiger partial charge < -0.3 is 15.2 Å². The van der Waals surface area contributed by atoms with Gasteiger partial charge in [0, 0.05) is 13.1 Å². The van der Waals surface area contributed by atoms with Crippen molar-refractivity contribution in [3.63, 3.8) is 0 Å². The van der Waals surface area contributed by atoms with Gasteiger partial charge in [0.25, 0.3) is 0 Å². The third-order valence-electron chi connectivity index (χ3n) is 6.17. The fraction of sp³-hybridized carbons (Fsp3) is 0.536.